The van der Waals surface area contributed by atoms with Gasteiger partial charge in [-0.05, 0) is 48.2 Å². The van der Waals surface area contributed by atoms with Crippen molar-refractivity contribution in [3.63, 3.8) is 0 Å². The fraction of sp³-hybridized carbons (Fsp3) is 0.333. The summed E-state index contributed by atoms with van der Waals surface area (Å²) in [6, 6.07) is 18.3. The molecule has 2 aromatic carbocycles. The number of carbonyl (C=O) groups is 1. The molecule has 156 valence electrons. The first kappa shape index (κ1) is 20.5. The van der Waals surface area contributed by atoms with Crippen LogP contribution in [-0.2, 0) is 14.6 Å². The molecular formula is C24H26N2O3S. The molecule has 4 rings (SSSR count). The number of nitrogens with zero attached hydrogens (tertiary/aromatic N) is 1. The van der Waals surface area contributed by atoms with E-state index in [0.717, 1.165) is 35.7 Å². The second-order valence-corrected chi connectivity index (χ2v) is 10.2. The van der Waals surface area contributed by atoms with E-state index in [1.54, 1.807) is 24.3 Å². The number of fused-ring (bicyclic) bond motifs is 1. The van der Waals surface area contributed by atoms with E-state index < -0.39 is 9.84 Å². The summed E-state index contributed by atoms with van der Waals surface area (Å²) in [5.74, 6) is 0.606. The maximum absolute atomic E-state index is 13.2. The number of benzene rings is 2. The van der Waals surface area contributed by atoms with Crippen molar-refractivity contribution >= 4 is 32.5 Å². The Kier molecular flexibility index (Phi) is 5.86. The fourth-order valence-corrected chi connectivity index (χ4v) is 4.90. The van der Waals surface area contributed by atoms with Crippen LogP contribution in [0.4, 0.5) is 5.82 Å². The predicted octanol–water partition coefficient (Wildman–Crippen LogP) is 4.94. The Morgan fingerprint density at radius 3 is 2.43 bits per heavy atom. The lowest BCUT2D eigenvalue weighted by atomic mass is 9.87. The first-order valence-electron chi connectivity index (χ1n) is 10.4. The maximum Gasteiger partial charge on any atom is 0.233 e. The van der Waals surface area contributed by atoms with Gasteiger partial charge >= 0.3 is 0 Å². The molecule has 1 N–H and O–H groups in total. The summed E-state index contributed by atoms with van der Waals surface area (Å²) < 4.78 is 23.6. The Hall–Kier alpha value is -2.73. The van der Waals surface area contributed by atoms with E-state index in [9.17, 15) is 13.2 Å². The van der Waals surface area contributed by atoms with Gasteiger partial charge in [0.25, 0.3) is 0 Å². The third-order valence-electron chi connectivity index (χ3n) is 5.92. The van der Waals surface area contributed by atoms with Gasteiger partial charge in [0, 0.05) is 11.6 Å². The Morgan fingerprint density at radius 2 is 1.73 bits per heavy atom. The van der Waals surface area contributed by atoms with Crippen LogP contribution in [-0.4, -0.2) is 25.6 Å². The second kappa shape index (κ2) is 8.56. The fourth-order valence-electron chi connectivity index (χ4n) is 4.27. The highest BCUT2D eigenvalue weighted by Crippen LogP contribution is 2.35. The molecule has 1 heterocycles. The molecule has 0 spiro atoms. The predicted molar refractivity (Wildman–Crippen MR) is 119 cm³/mol. The normalized spacial score (nSPS) is 15.9. The van der Waals surface area contributed by atoms with Crippen LogP contribution in [0.5, 0.6) is 0 Å². The zero-order chi connectivity index (χ0) is 21.1. The molecule has 1 atom stereocenters. The van der Waals surface area contributed by atoms with E-state index in [0.29, 0.717) is 11.7 Å². The first-order valence-corrected chi connectivity index (χ1v) is 12.3. The van der Waals surface area contributed by atoms with Crippen molar-refractivity contribution in [3.8, 4) is 0 Å². The molecule has 1 fully saturated rings. The number of aromatic nitrogens is 1. The van der Waals surface area contributed by atoms with Crippen LogP contribution in [0.15, 0.2) is 65.6 Å². The molecule has 0 aliphatic heterocycles. The molecule has 1 unspecified atom stereocenters. The quantitative estimate of drug-likeness (QED) is 0.610. The van der Waals surface area contributed by atoms with E-state index in [2.05, 4.69) is 10.3 Å². The molecule has 1 amide bonds. The van der Waals surface area contributed by atoms with Gasteiger partial charge in [0.05, 0.1) is 16.3 Å². The summed E-state index contributed by atoms with van der Waals surface area (Å²) in [6.07, 6.45) is 6.64. The van der Waals surface area contributed by atoms with Crippen molar-refractivity contribution < 1.29 is 13.2 Å². The van der Waals surface area contributed by atoms with Crippen molar-refractivity contribution in [2.45, 2.75) is 42.9 Å². The van der Waals surface area contributed by atoms with Gasteiger partial charge in [-0.15, -0.1) is 0 Å². The van der Waals surface area contributed by atoms with E-state index in [4.69, 9.17) is 0 Å². The zero-order valence-electron chi connectivity index (χ0n) is 17.0. The zero-order valence-corrected chi connectivity index (χ0v) is 17.9. The summed E-state index contributed by atoms with van der Waals surface area (Å²) in [7, 11) is -3.27. The minimum absolute atomic E-state index is 0.100. The van der Waals surface area contributed by atoms with Crippen molar-refractivity contribution in [1.82, 2.24) is 4.98 Å². The van der Waals surface area contributed by atoms with Crippen LogP contribution in [0, 0.1) is 5.92 Å². The standard InChI is InChI=1S/C24H26N2O3S/c1-30(28,29)20-13-10-18(11-14-20)21(16-17-6-2-3-7-17)24(27)26-23-15-12-19-8-4-5-9-22(19)25-23/h4-5,8-15,17,21H,2-3,6-7,16H2,1H3,(H,25,26,27). The number of anilines is 1. The number of para-hydroxylation sites is 1. The van der Waals surface area contributed by atoms with Crippen molar-refractivity contribution in [1.29, 1.82) is 0 Å². The molecule has 3 aromatic rings. The van der Waals surface area contributed by atoms with Gasteiger partial charge in [0.15, 0.2) is 9.84 Å². The maximum atomic E-state index is 13.2. The van der Waals surface area contributed by atoms with Crippen LogP contribution in [0.2, 0.25) is 0 Å². The molecule has 6 heteroatoms. The van der Waals surface area contributed by atoms with Gasteiger partial charge in [-0.2, -0.15) is 0 Å². The summed E-state index contributed by atoms with van der Waals surface area (Å²) in [5, 5.41) is 4.01. The summed E-state index contributed by atoms with van der Waals surface area (Å²) in [5.41, 5.74) is 1.67. The molecule has 0 radical (unpaired) electrons. The number of nitrogens with one attached hydrogen (secondary N) is 1. The summed E-state index contributed by atoms with van der Waals surface area (Å²) in [4.78, 5) is 18.1. The molecule has 5 nitrogen and oxygen atoms in total. The smallest absolute Gasteiger partial charge is 0.233 e. The summed E-state index contributed by atoms with van der Waals surface area (Å²) >= 11 is 0. The number of hydrogen-bond acceptors (Lipinski definition) is 4. The lowest BCUT2D eigenvalue weighted by Gasteiger charge is -2.21. The van der Waals surface area contributed by atoms with Gasteiger partial charge in [0.2, 0.25) is 5.91 Å². The lowest BCUT2D eigenvalue weighted by Crippen LogP contribution is -2.23. The highest BCUT2D eigenvalue weighted by Gasteiger charge is 2.27. The Bertz CT molecular complexity index is 1150. The van der Waals surface area contributed by atoms with Crippen LogP contribution in [0.1, 0.15) is 43.6 Å². The molecule has 0 saturated heterocycles. The highest BCUT2D eigenvalue weighted by atomic mass is 32.2. The third-order valence-corrected chi connectivity index (χ3v) is 7.05. The number of carbonyl (C=O) groups excluding carboxylic acids is 1. The van der Waals surface area contributed by atoms with Crippen LogP contribution >= 0.6 is 0 Å². The van der Waals surface area contributed by atoms with Crippen LogP contribution < -0.4 is 5.32 Å². The summed E-state index contributed by atoms with van der Waals surface area (Å²) in [6.45, 7) is 0. The average Bonchev–Trinajstić information content (AvgIpc) is 3.25. The van der Waals surface area contributed by atoms with Crippen molar-refractivity contribution in [2.75, 3.05) is 11.6 Å². The first-order chi connectivity index (χ1) is 14.4. The number of hydrogen-bond donors (Lipinski definition) is 1. The van der Waals surface area contributed by atoms with E-state index in [-0.39, 0.29) is 16.7 Å². The minimum atomic E-state index is -3.27. The SMILES string of the molecule is CS(=O)(=O)c1ccc(C(CC2CCCC2)C(=O)Nc2ccc3ccccc3n2)cc1. The number of sulfone groups is 1. The average molecular weight is 423 g/mol. The van der Waals surface area contributed by atoms with Crippen molar-refractivity contribution in [3.05, 3.63) is 66.2 Å². The lowest BCUT2D eigenvalue weighted by molar-refractivity contribution is -0.118. The number of amides is 1. The largest absolute Gasteiger partial charge is 0.310 e. The van der Waals surface area contributed by atoms with Gasteiger partial charge in [0.1, 0.15) is 5.82 Å². The molecule has 1 aromatic heterocycles. The highest BCUT2D eigenvalue weighted by molar-refractivity contribution is 7.90. The van der Waals surface area contributed by atoms with Gasteiger partial charge < -0.3 is 5.32 Å². The van der Waals surface area contributed by atoms with E-state index in [1.807, 2.05) is 36.4 Å². The topological polar surface area (TPSA) is 76.1 Å². The molecule has 1 aliphatic rings. The van der Waals surface area contributed by atoms with Gasteiger partial charge in [-0.3, -0.25) is 4.79 Å². The molecular weight excluding hydrogens is 396 g/mol. The van der Waals surface area contributed by atoms with E-state index >= 15 is 0 Å². The Balaban J connectivity index is 1.59. The minimum Gasteiger partial charge on any atom is -0.310 e. The Morgan fingerprint density at radius 1 is 1.03 bits per heavy atom. The molecule has 30 heavy (non-hydrogen) atoms. The van der Waals surface area contributed by atoms with Crippen LogP contribution in [0.25, 0.3) is 10.9 Å². The third kappa shape index (κ3) is 4.70. The van der Waals surface area contributed by atoms with E-state index in [1.165, 1.54) is 19.1 Å². The number of rotatable bonds is 6. The van der Waals surface area contributed by atoms with Crippen LogP contribution in [0.3, 0.4) is 0 Å². The van der Waals surface area contributed by atoms with Crippen molar-refractivity contribution in [2.24, 2.45) is 5.92 Å². The molecule has 1 aliphatic carbocycles. The molecule has 0 bridgehead atoms. The number of pyridine rings is 1. The van der Waals surface area contributed by atoms with Gasteiger partial charge in [-0.1, -0.05) is 56.0 Å². The Labute approximate surface area is 177 Å². The van der Waals surface area contributed by atoms with Gasteiger partial charge in [-0.25, -0.2) is 13.4 Å². The molecule has 1 saturated carbocycles. The monoisotopic (exact) mass is 422 g/mol. The second-order valence-electron chi connectivity index (χ2n) is 8.16.